The molecule has 2 aromatic carbocycles. The monoisotopic (exact) mass is 340 g/mol. The van der Waals surface area contributed by atoms with Gasteiger partial charge in [0.2, 0.25) is 0 Å². The maximum Gasteiger partial charge on any atom is 0.255 e. The van der Waals surface area contributed by atoms with E-state index in [0.29, 0.717) is 5.56 Å². The van der Waals surface area contributed by atoms with E-state index in [0.717, 1.165) is 21.4 Å². The number of aromatic amines is 1. The summed E-state index contributed by atoms with van der Waals surface area (Å²) in [5.41, 5.74) is 3.20. The highest BCUT2D eigenvalue weighted by atomic mass is 79.9. The minimum absolute atomic E-state index is 0.111. The number of H-pyrrole nitrogens is 1. The van der Waals surface area contributed by atoms with Crippen LogP contribution < -0.4 is 10.9 Å². The van der Waals surface area contributed by atoms with Crippen LogP contribution >= 0.6 is 15.9 Å². The van der Waals surface area contributed by atoms with Crippen molar-refractivity contribution in [1.82, 2.24) is 4.98 Å². The molecule has 0 aliphatic rings. The fraction of sp³-hybridized carbons (Fsp3) is 0. The Morgan fingerprint density at radius 2 is 1.57 bits per heavy atom. The van der Waals surface area contributed by atoms with Gasteiger partial charge < -0.3 is 10.3 Å². The number of anilines is 2. The molecule has 0 fully saturated rings. The summed E-state index contributed by atoms with van der Waals surface area (Å²) in [6, 6.07) is 19.4. The molecule has 1 heterocycles. The molecule has 0 amide bonds. The molecule has 3 aromatic rings. The van der Waals surface area contributed by atoms with Crippen LogP contribution in [-0.4, -0.2) is 4.98 Å². The fourth-order valence-electron chi connectivity index (χ4n) is 2.12. The van der Waals surface area contributed by atoms with Gasteiger partial charge in [-0.05, 0) is 24.3 Å². The molecule has 21 heavy (non-hydrogen) atoms. The highest BCUT2D eigenvalue weighted by molar-refractivity contribution is 9.10. The van der Waals surface area contributed by atoms with Crippen molar-refractivity contribution in [3.8, 4) is 11.1 Å². The molecule has 0 bridgehead atoms. The van der Waals surface area contributed by atoms with Crippen LogP contribution in [0, 0.1) is 0 Å². The molecule has 0 saturated heterocycles. The lowest BCUT2D eigenvalue weighted by atomic mass is 10.1. The number of pyridine rings is 1. The van der Waals surface area contributed by atoms with Gasteiger partial charge in [-0.3, -0.25) is 4.79 Å². The standard InChI is InChI=1S/C17H13BrN2O/c18-16-9-5-4-8-14(16)15-10-13(11-19-17(15)21)20-12-6-2-1-3-7-12/h1-11,20H,(H,19,21). The summed E-state index contributed by atoms with van der Waals surface area (Å²) in [5.74, 6) is 0. The van der Waals surface area contributed by atoms with Gasteiger partial charge in [-0.25, -0.2) is 0 Å². The predicted octanol–water partition coefficient (Wildman–Crippen LogP) is 4.55. The first-order chi connectivity index (χ1) is 10.2. The van der Waals surface area contributed by atoms with Crippen molar-refractivity contribution in [2.75, 3.05) is 5.32 Å². The number of benzene rings is 2. The highest BCUT2D eigenvalue weighted by Crippen LogP contribution is 2.27. The maximum atomic E-state index is 12.1. The second-order valence-electron chi connectivity index (χ2n) is 4.60. The molecule has 0 aliphatic heterocycles. The Labute approximate surface area is 130 Å². The fourth-order valence-corrected chi connectivity index (χ4v) is 2.62. The van der Waals surface area contributed by atoms with E-state index in [1.165, 1.54) is 0 Å². The Kier molecular flexibility index (Phi) is 3.88. The van der Waals surface area contributed by atoms with E-state index in [2.05, 4.69) is 26.2 Å². The summed E-state index contributed by atoms with van der Waals surface area (Å²) < 4.78 is 0.896. The molecule has 4 heteroatoms. The van der Waals surface area contributed by atoms with Crippen LogP contribution in [0.1, 0.15) is 0 Å². The summed E-state index contributed by atoms with van der Waals surface area (Å²) in [4.78, 5) is 14.8. The molecule has 0 aliphatic carbocycles. The molecule has 1 aromatic heterocycles. The maximum absolute atomic E-state index is 12.1. The van der Waals surface area contributed by atoms with E-state index in [-0.39, 0.29) is 5.56 Å². The van der Waals surface area contributed by atoms with Crippen LogP contribution in [0.25, 0.3) is 11.1 Å². The lowest BCUT2D eigenvalue weighted by molar-refractivity contribution is 1.24. The number of para-hydroxylation sites is 1. The van der Waals surface area contributed by atoms with E-state index in [1.807, 2.05) is 60.7 Å². The van der Waals surface area contributed by atoms with Gasteiger partial charge in [-0.1, -0.05) is 52.3 Å². The zero-order valence-corrected chi connectivity index (χ0v) is 12.7. The quantitative estimate of drug-likeness (QED) is 0.734. The highest BCUT2D eigenvalue weighted by Gasteiger charge is 2.08. The van der Waals surface area contributed by atoms with Crippen LogP contribution in [0.4, 0.5) is 11.4 Å². The minimum atomic E-state index is -0.111. The van der Waals surface area contributed by atoms with Gasteiger partial charge in [0.15, 0.2) is 0 Å². The molecule has 3 nitrogen and oxygen atoms in total. The topological polar surface area (TPSA) is 44.9 Å². The molecule has 0 saturated carbocycles. The lowest BCUT2D eigenvalue weighted by Crippen LogP contribution is -2.09. The summed E-state index contributed by atoms with van der Waals surface area (Å²) in [5, 5.41) is 3.28. The normalized spacial score (nSPS) is 10.3. The third kappa shape index (κ3) is 3.06. The van der Waals surface area contributed by atoms with Gasteiger partial charge in [0, 0.05) is 21.9 Å². The number of hydrogen-bond donors (Lipinski definition) is 2. The van der Waals surface area contributed by atoms with Gasteiger partial charge in [0.05, 0.1) is 11.3 Å². The molecule has 2 N–H and O–H groups in total. The van der Waals surface area contributed by atoms with Crippen LogP contribution in [0.5, 0.6) is 0 Å². The Hall–Kier alpha value is -2.33. The first-order valence-corrected chi connectivity index (χ1v) is 7.33. The first-order valence-electron chi connectivity index (χ1n) is 6.54. The second kappa shape index (κ2) is 5.97. The Morgan fingerprint density at radius 1 is 0.857 bits per heavy atom. The average molecular weight is 341 g/mol. The smallest absolute Gasteiger partial charge is 0.255 e. The minimum Gasteiger partial charge on any atom is -0.354 e. The molecule has 0 atom stereocenters. The molecular formula is C17H13BrN2O. The van der Waals surface area contributed by atoms with Crippen molar-refractivity contribution in [3.63, 3.8) is 0 Å². The van der Waals surface area contributed by atoms with E-state index in [1.54, 1.807) is 6.20 Å². The van der Waals surface area contributed by atoms with Crippen LogP contribution in [-0.2, 0) is 0 Å². The van der Waals surface area contributed by atoms with Crippen LogP contribution in [0.15, 0.2) is 76.1 Å². The van der Waals surface area contributed by atoms with Gasteiger partial charge in [0.25, 0.3) is 5.56 Å². The van der Waals surface area contributed by atoms with E-state index in [4.69, 9.17) is 0 Å². The molecule has 0 unspecified atom stereocenters. The van der Waals surface area contributed by atoms with Crippen LogP contribution in [0.2, 0.25) is 0 Å². The molecule has 0 radical (unpaired) electrons. The van der Waals surface area contributed by atoms with Crippen LogP contribution in [0.3, 0.4) is 0 Å². The first kappa shape index (κ1) is 13.6. The second-order valence-corrected chi connectivity index (χ2v) is 5.46. The van der Waals surface area contributed by atoms with E-state index in [9.17, 15) is 4.79 Å². The van der Waals surface area contributed by atoms with Gasteiger partial charge in [-0.2, -0.15) is 0 Å². The zero-order valence-electron chi connectivity index (χ0n) is 11.1. The van der Waals surface area contributed by atoms with Crippen molar-refractivity contribution < 1.29 is 0 Å². The largest absolute Gasteiger partial charge is 0.354 e. The SMILES string of the molecule is O=c1[nH]cc(Nc2ccccc2)cc1-c1ccccc1Br. The molecule has 3 rings (SSSR count). The Bertz CT molecular complexity index is 812. The van der Waals surface area contributed by atoms with E-state index < -0.39 is 0 Å². The third-order valence-corrected chi connectivity index (χ3v) is 3.82. The molecule has 104 valence electrons. The number of aromatic nitrogens is 1. The van der Waals surface area contributed by atoms with E-state index >= 15 is 0 Å². The van der Waals surface area contributed by atoms with Crippen molar-refractivity contribution in [1.29, 1.82) is 0 Å². The number of nitrogens with one attached hydrogen (secondary N) is 2. The third-order valence-electron chi connectivity index (χ3n) is 3.13. The summed E-state index contributed by atoms with van der Waals surface area (Å²) in [6.07, 6.45) is 1.68. The predicted molar refractivity (Wildman–Crippen MR) is 89.9 cm³/mol. The number of halogens is 1. The Balaban J connectivity index is 2.01. The number of rotatable bonds is 3. The van der Waals surface area contributed by atoms with Gasteiger partial charge in [0.1, 0.15) is 0 Å². The van der Waals surface area contributed by atoms with Crippen molar-refractivity contribution in [2.24, 2.45) is 0 Å². The Morgan fingerprint density at radius 3 is 2.33 bits per heavy atom. The summed E-state index contributed by atoms with van der Waals surface area (Å²) in [6.45, 7) is 0. The lowest BCUT2D eigenvalue weighted by Gasteiger charge is -2.09. The van der Waals surface area contributed by atoms with Crippen molar-refractivity contribution in [2.45, 2.75) is 0 Å². The van der Waals surface area contributed by atoms with Gasteiger partial charge in [-0.15, -0.1) is 0 Å². The van der Waals surface area contributed by atoms with Crippen molar-refractivity contribution >= 4 is 27.3 Å². The van der Waals surface area contributed by atoms with Gasteiger partial charge >= 0.3 is 0 Å². The summed E-state index contributed by atoms with van der Waals surface area (Å²) in [7, 11) is 0. The zero-order chi connectivity index (χ0) is 14.7. The summed E-state index contributed by atoms with van der Waals surface area (Å²) >= 11 is 3.49. The molecule has 0 spiro atoms. The van der Waals surface area contributed by atoms with Crippen molar-refractivity contribution in [3.05, 3.63) is 81.7 Å². The molecular weight excluding hydrogens is 328 g/mol. The number of hydrogen-bond acceptors (Lipinski definition) is 2. The average Bonchev–Trinajstić information content (AvgIpc) is 2.51.